The average molecular weight is 226 g/mol. The van der Waals surface area contributed by atoms with Gasteiger partial charge in [-0.15, -0.1) is 0 Å². The van der Waals surface area contributed by atoms with Crippen LogP contribution in [-0.4, -0.2) is 11.0 Å². The fraction of sp³-hybridized carbons (Fsp3) is 0.857. The molecule has 0 spiro atoms. The van der Waals surface area contributed by atoms with Crippen molar-refractivity contribution in [3.8, 4) is 0 Å². The molecule has 0 nitrogen and oxygen atoms in total. The van der Waals surface area contributed by atoms with Crippen molar-refractivity contribution in [3.63, 3.8) is 0 Å². The van der Waals surface area contributed by atoms with Gasteiger partial charge >= 0.3 is 0 Å². The predicted molar refractivity (Wildman–Crippen MR) is 72.4 cm³/mol. The topological polar surface area (TPSA) is 0 Å². The van der Waals surface area contributed by atoms with E-state index >= 15 is 0 Å². The second-order valence-corrected chi connectivity index (χ2v) is 8.05. The minimum Gasteiger partial charge on any atom is -0.154 e. The van der Waals surface area contributed by atoms with E-state index in [4.69, 9.17) is 0 Å². The van der Waals surface area contributed by atoms with E-state index in [9.17, 15) is 0 Å². The molecule has 1 aliphatic heterocycles. The van der Waals surface area contributed by atoms with Crippen LogP contribution in [0.4, 0.5) is 0 Å². The van der Waals surface area contributed by atoms with E-state index < -0.39 is 0 Å². The van der Waals surface area contributed by atoms with Crippen molar-refractivity contribution >= 4 is 11.8 Å². The molecule has 15 heavy (non-hydrogen) atoms. The maximum Gasteiger partial charge on any atom is 0.0146 e. The molecule has 1 saturated heterocycles. The van der Waals surface area contributed by atoms with Crippen molar-refractivity contribution in [2.24, 2.45) is 16.7 Å². The van der Waals surface area contributed by atoms with Gasteiger partial charge in [-0.05, 0) is 23.2 Å². The Morgan fingerprint density at radius 1 is 1.33 bits per heavy atom. The molecule has 1 aliphatic rings. The minimum atomic E-state index is 0.360. The maximum atomic E-state index is 4.30. The zero-order valence-electron chi connectivity index (χ0n) is 11.2. The Balaban J connectivity index is 2.93. The summed E-state index contributed by atoms with van der Waals surface area (Å²) in [4.78, 5) is 0. The minimum absolute atomic E-state index is 0.360. The highest BCUT2D eigenvalue weighted by atomic mass is 32.2. The van der Waals surface area contributed by atoms with Gasteiger partial charge in [-0.1, -0.05) is 53.7 Å². The summed E-state index contributed by atoms with van der Waals surface area (Å²) in [7, 11) is 0. The Bertz CT molecular complexity index is 245. The molecule has 0 aromatic rings. The molecular formula is C14H26S. The fourth-order valence-electron chi connectivity index (χ4n) is 2.31. The van der Waals surface area contributed by atoms with Crippen LogP contribution < -0.4 is 0 Å². The van der Waals surface area contributed by atoms with Crippen LogP contribution in [0.3, 0.4) is 0 Å². The molecule has 0 N–H and O–H groups in total. The van der Waals surface area contributed by atoms with Crippen molar-refractivity contribution in [1.29, 1.82) is 0 Å². The van der Waals surface area contributed by atoms with Gasteiger partial charge in [0, 0.05) is 11.0 Å². The van der Waals surface area contributed by atoms with Crippen LogP contribution in [0.1, 0.15) is 48.0 Å². The molecule has 0 aromatic carbocycles. The van der Waals surface area contributed by atoms with Crippen LogP contribution in [0.5, 0.6) is 0 Å². The molecule has 0 saturated carbocycles. The van der Waals surface area contributed by atoms with Gasteiger partial charge in [0.05, 0.1) is 0 Å². The van der Waals surface area contributed by atoms with E-state index in [2.05, 4.69) is 59.9 Å². The van der Waals surface area contributed by atoms with Gasteiger partial charge in [-0.25, -0.2) is 0 Å². The van der Waals surface area contributed by atoms with Gasteiger partial charge in [0.1, 0.15) is 0 Å². The van der Waals surface area contributed by atoms with Crippen molar-refractivity contribution in [2.45, 2.75) is 53.2 Å². The van der Waals surface area contributed by atoms with Gasteiger partial charge in [0.2, 0.25) is 0 Å². The third-order valence-electron chi connectivity index (χ3n) is 3.89. The van der Waals surface area contributed by atoms with E-state index in [1.54, 1.807) is 0 Å². The maximum absolute atomic E-state index is 4.30. The average Bonchev–Trinajstić information content (AvgIpc) is 2.15. The van der Waals surface area contributed by atoms with Crippen molar-refractivity contribution < 1.29 is 0 Å². The van der Waals surface area contributed by atoms with Gasteiger partial charge in [0.15, 0.2) is 0 Å². The van der Waals surface area contributed by atoms with Crippen molar-refractivity contribution in [1.82, 2.24) is 0 Å². The third kappa shape index (κ3) is 3.03. The molecule has 1 heterocycles. The predicted octanol–water partition coefficient (Wildman–Crippen LogP) is 4.76. The largest absolute Gasteiger partial charge is 0.154 e. The van der Waals surface area contributed by atoms with E-state index in [-0.39, 0.29) is 0 Å². The Kier molecular flexibility index (Phi) is 3.65. The lowest BCUT2D eigenvalue weighted by Gasteiger charge is -2.37. The van der Waals surface area contributed by atoms with Gasteiger partial charge in [0.25, 0.3) is 0 Å². The highest BCUT2D eigenvalue weighted by Gasteiger charge is 2.38. The summed E-state index contributed by atoms with van der Waals surface area (Å²) in [6.45, 7) is 18.5. The summed E-state index contributed by atoms with van der Waals surface area (Å²) in [5, 5.41) is 0.738. The highest BCUT2D eigenvalue weighted by molar-refractivity contribution is 8.00. The SMILES string of the molecule is C=C1CSC(C)C(C)(C)CC1C(C)(C)C. The number of thioether (sulfide) groups is 1. The molecule has 0 aromatic heterocycles. The second-order valence-electron chi connectivity index (χ2n) is 6.72. The van der Waals surface area contributed by atoms with Crippen LogP contribution in [0.25, 0.3) is 0 Å². The smallest absolute Gasteiger partial charge is 0.0146 e. The van der Waals surface area contributed by atoms with Crippen LogP contribution in [0, 0.1) is 16.7 Å². The summed E-state index contributed by atoms with van der Waals surface area (Å²) in [6.07, 6.45) is 1.28. The summed E-state index contributed by atoms with van der Waals surface area (Å²) in [5.74, 6) is 1.82. The summed E-state index contributed by atoms with van der Waals surface area (Å²) >= 11 is 2.07. The zero-order valence-corrected chi connectivity index (χ0v) is 12.0. The highest BCUT2D eigenvalue weighted by Crippen LogP contribution is 2.48. The molecule has 88 valence electrons. The molecule has 1 rings (SSSR count). The van der Waals surface area contributed by atoms with Gasteiger partial charge < -0.3 is 0 Å². The molecular weight excluding hydrogens is 200 g/mol. The monoisotopic (exact) mass is 226 g/mol. The molecule has 1 heteroatoms. The Labute approximate surface area is 99.9 Å². The molecule has 0 bridgehead atoms. The van der Waals surface area contributed by atoms with Crippen molar-refractivity contribution in [2.75, 3.05) is 5.75 Å². The molecule has 2 unspecified atom stereocenters. The van der Waals surface area contributed by atoms with Crippen LogP contribution in [-0.2, 0) is 0 Å². The van der Waals surface area contributed by atoms with E-state index in [1.807, 2.05) is 0 Å². The number of hydrogen-bond acceptors (Lipinski definition) is 1. The van der Waals surface area contributed by atoms with Crippen LogP contribution in [0.2, 0.25) is 0 Å². The standard InChI is InChI=1S/C14H26S/c1-10-9-15-11(2)14(6,7)8-12(10)13(3,4)5/h11-12H,1,8-9H2,2-7H3. The van der Waals surface area contributed by atoms with Crippen LogP contribution >= 0.6 is 11.8 Å². The molecule has 2 atom stereocenters. The number of rotatable bonds is 0. The second kappa shape index (κ2) is 4.16. The van der Waals surface area contributed by atoms with Crippen LogP contribution in [0.15, 0.2) is 12.2 Å². The first-order chi connectivity index (χ1) is 6.64. The third-order valence-corrected chi connectivity index (χ3v) is 5.56. The first-order valence-corrected chi connectivity index (χ1v) is 6.99. The Morgan fingerprint density at radius 3 is 2.33 bits per heavy atom. The lowest BCUT2D eigenvalue weighted by molar-refractivity contribution is 0.188. The quantitative estimate of drug-likeness (QED) is 0.537. The normalized spacial score (nSPS) is 32.5. The molecule has 0 aliphatic carbocycles. The van der Waals surface area contributed by atoms with E-state index in [0.29, 0.717) is 16.7 Å². The molecule has 1 fully saturated rings. The Hall–Kier alpha value is 0.0900. The zero-order chi connectivity index (χ0) is 11.9. The lowest BCUT2D eigenvalue weighted by Crippen LogP contribution is -2.30. The molecule has 0 radical (unpaired) electrons. The fourth-order valence-corrected chi connectivity index (χ4v) is 3.53. The number of hydrogen-bond donors (Lipinski definition) is 0. The first-order valence-electron chi connectivity index (χ1n) is 5.94. The first kappa shape index (κ1) is 13.2. The summed E-state index contributed by atoms with van der Waals surface area (Å²) in [5.41, 5.74) is 2.24. The summed E-state index contributed by atoms with van der Waals surface area (Å²) in [6, 6.07) is 0. The Morgan fingerprint density at radius 2 is 1.87 bits per heavy atom. The summed E-state index contributed by atoms with van der Waals surface area (Å²) < 4.78 is 0. The molecule has 0 amide bonds. The lowest BCUT2D eigenvalue weighted by atomic mass is 9.68. The van der Waals surface area contributed by atoms with Gasteiger partial charge in [-0.2, -0.15) is 11.8 Å². The van der Waals surface area contributed by atoms with Crippen molar-refractivity contribution in [3.05, 3.63) is 12.2 Å². The van der Waals surface area contributed by atoms with Gasteiger partial charge in [-0.3, -0.25) is 0 Å². The van der Waals surface area contributed by atoms with E-state index in [0.717, 1.165) is 11.0 Å². The van der Waals surface area contributed by atoms with E-state index in [1.165, 1.54) is 12.0 Å².